The summed E-state index contributed by atoms with van der Waals surface area (Å²) in [5, 5.41) is 13.1. The highest BCUT2D eigenvalue weighted by Crippen LogP contribution is 2.21. The van der Waals surface area contributed by atoms with Crippen molar-refractivity contribution < 1.29 is 9.90 Å². The van der Waals surface area contributed by atoms with Crippen molar-refractivity contribution in [1.29, 1.82) is 0 Å². The van der Waals surface area contributed by atoms with Crippen LogP contribution in [-0.2, 0) is 7.05 Å². The smallest absolute Gasteiger partial charge is 0.252 e. The lowest BCUT2D eigenvalue weighted by molar-refractivity contribution is 0.0915. The van der Waals surface area contributed by atoms with Crippen molar-refractivity contribution in [2.75, 3.05) is 6.54 Å². The van der Waals surface area contributed by atoms with E-state index >= 15 is 0 Å². The number of hydrogen-bond acceptors (Lipinski definition) is 3. The fraction of sp³-hybridized carbons (Fsp3) is 0.200. The minimum absolute atomic E-state index is 0.0331. The molecule has 0 aliphatic rings. The molecule has 1 amide bonds. The molecular weight excluding hydrogens is 292 g/mol. The maximum atomic E-state index is 12.0. The molecular formula is C15H15ClN2O3. The lowest BCUT2D eigenvalue weighted by Gasteiger charge is -2.13. The molecule has 0 saturated carbocycles. The van der Waals surface area contributed by atoms with E-state index in [1.54, 1.807) is 31.3 Å². The van der Waals surface area contributed by atoms with Gasteiger partial charge in [0.25, 0.3) is 5.91 Å². The van der Waals surface area contributed by atoms with Gasteiger partial charge in [0, 0.05) is 36.4 Å². The van der Waals surface area contributed by atoms with Crippen molar-refractivity contribution in [3.05, 3.63) is 69.1 Å². The van der Waals surface area contributed by atoms with Crippen LogP contribution in [0.15, 0.2) is 47.4 Å². The molecule has 0 spiro atoms. The second-order valence-corrected chi connectivity index (χ2v) is 5.02. The van der Waals surface area contributed by atoms with Gasteiger partial charge in [-0.1, -0.05) is 29.8 Å². The second kappa shape index (κ2) is 6.56. The van der Waals surface area contributed by atoms with Crippen molar-refractivity contribution in [3.63, 3.8) is 0 Å². The zero-order valence-electron chi connectivity index (χ0n) is 11.4. The molecule has 0 aliphatic carbocycles. The number of aromatic nitrogens is 1. The Bertz CT molecular complexity index is 712. The molecule has 1 aromatic heterocycles. The van der Waals surface area contributed by atoms with E-state index in [9.17, 15) is 14.7 Å². The minimum atomic E-state index is -0.893. The number of benzene rings is 1. The number of amides is 1. The van der Waals surface area contributed by atoms with Crippen molar-refractivity contribution in [1.82, 2.24) is 9.88 Å². The summed E-state index contributed by atoms with van der Waals surface area (Å²) in [6.07, 6.45) is 0.551. The lowest BCUT2D eigenvalue weighted by atomic mass is 10.1. The molecule has 0 aliphatic heterocycles. The largest absolute Gasteiger partial charge is 0.387 e. The monoisotopic (exact) mass is 306 g/mol. The number of pyridine rings is 1. The summed E-state index contributed by atoms with van der Waals surface area (Å²) < 4.78 is 1.32. The van der Waals surface area contributed by atoms with Gasteiger partial charge in [-0.15, -0.1) is 0 Å². The van der Waals surface area contributed by atoms with Crippen molar-refractivity contribution in [3.8, 4) is 0 Å². The second-order valence-electron chi connectivity index (χ2n) is 4.61. The summed E-state index contributed by atoms with van der Waals surface area (Å²) in [6.45, 7) is 0.0331. The first kappa shape index (κ1) is 15.3. The number of nitrogens with zero attached hydrogens (tertiary/aromatic N) is 1. The molecule has 1 unspecified atom stereocenters. The van der Waals surface area contributed by atoms with Gasteiger partial charge in [-0.05, 0) is 12.1 Å². The summed E-state index contributed by atoms with van der Waals surface area (Å²) in [7, 11) is 1.57. The third-order valence-electron chi connectivity index (χ3n) is 3.07. The Labute approximate surface area is 126 Å². The van der Waals surface area contributed by atoms with Crippen LogP contribution in [0, 0.1) is 0 Å². The maximum Gasteiger partial charge on any atom is 0.252 e. The predicted molar refractivity (Wildman–Crippen MR) is 80.4 cm³/mol. The molecule has 1 aromatic carbocycles. The van der Waals surface area contributed by atoms with Gasteiger partial charge in [0.1, 0.15) is 0 Å². The Morgan fingerprint density at radius 2 is 2.05 bits per heavy atom. The highest BCUT2D eigenvalue weighted by Gasteiger charge is 2.13. The molecule has 0 fully saturated rings. The number of aryl methyl sites for hydroxylation is 1. The van der Waals surface area contributed by atoms with Crippen LogP contribution in [0.4, 0.5) is 0 Å². The molecule has 2 rings (SSSR count). The van der Waals surface area contributed by atoms with Crippen molar-refractivity contribution in [2.45, 2.75) is 6.10 Å². The van der Waals surface area contributed by atoms with Crippen LogP contribution in [0.5, 0.6) is 0 Å². The third-order valence-corrected chi connectivity index (χ3v) is 3.41. The average Bonchev–Trinajstić information content (AvgIpc) is 2.47. The first-order chi connectivity index (χ1) is 9.99. The van der Waals surface area contributed by atoms with Gasteiger partial charge in [-0.25, -0.2) is 0 Å². The molecule has 6 heteroatoms. The average molecular weight is 307 g/mol. The fourth-order valence-electron chi connectivity index (χ4n) is 1.87. The first-order valence-electron chi connectivity index (χ1n) is 6.36. The van der Waals surface area contributed by atoms with Crippen molar-refractivity contribution >= 4 is 17.5 Å². The number of carbonyl (C=O) groups is 1. The predicted octanol–water partition coefficient (Wildman–Crippen LogP) is 1.50. The van der Waals surface area contributed by atoms with Crippen LogP contribution in [-0.4, -0.2) is 22.1 Å². The number of rotatable bonds is 4. The third kappa shape index (κ3) is 3.71. The topological polar surface area (TPSA) is 71.3 Å². The Kier molecular flexibility index (Phi) is 4.77. The molecule has 0 saturated heterocycles. The van der Waals surface area contributed by atoms with E-state index in [0.717, 1.165) is 0 Å². The summed E-state index contributed by atoms with van der Waals surface area (Å²) >= 11 is 5.98. The summed E-state index contributed by atoms with van der Waals surface area (Å²) in [4.78, 5) is 23.2. The number of carbonyl (C=O) groups excluding carboxylic acids is 1. The Morgan fingerprint density at radius 1 is 1.33 bits per heavy atom. The zero-order valence-corrected chi connectivity index (χ0v) is 12.2. The van der Waals surface area contributed by atoms with Crippen LogP contribution in [0.25, 0.3) is 0 Å². The van der Waals surface area contributed by atoms with E-state index in [4.69, 9.17) is 11.6 Å². The number of aliphatic hydroxyl groups excluding tert-OH is 1. The lowest BCUT2D eigenvalue weighted by Crippen LogP contribution is -2.29. The number of halogens is 1. The van der Waals surface area contributed by atoms with Crippen LogP contribution in [0.2, 0.25) is 5.02 Å². The van der Waals surface area contributed by atoms with Gasteiger partial charge in [0.2, 0.25) is 5.56 Å². The number of aliphatic hydroxyl groups is 1. The molecule has 0 radical (unpaired) electrons. The van der Waals surface area contributed by atoms with Crippen LogP contribution < -0.4 is 10.9 Å². The molecule has 2 aromatic rings. The molecule has 110 valence electrons. The van der Waals surface area contributed by atoms with E-state index in [1.165, 1.54) is 22.9 Å². The Balaban J connectivity index is 2.02. The zero-order chi connectivity index (χ0) is 15.4. The van der Waals surface area contributed by atoms with Crippen LogP contribution >= 0.6 is 11.6 Å². The Morgan fingerprint density at radius 3 is 2.71 bits per heavy atom. The SMILES string of the molecule is Cn1cc(C(=O)NCC(O)c2ccccc2Cl)ccc1=O. The quantitative estimate of drug-likeness (QED) is 0.899. The maximum absolute atomic E-state index is 12.0. The van der Waals surface area contributed by atoms with Crippen molar-refractivity contribution in [2.24, 2.45) is 7.05 Å². The van der Waals surface area contributed by atoms with E-state index in [-0.39, 0.29) is 18.0 Å². The Hall–Kier alpha value is -2.11. The standard InChI is InChI=1S/C15H15ClN2O3/c1-18-9-10(6-7-14(18)20)15(21)17-8-13(19)11-4-2-3-5-12(11)16/h2-7,9,13,19H,8H2,1H3,(H,17,21). The number of nitrogens with one attached hydrogen (secondary N) is 1. The molecule has 0 bridgehead atoms. The summed E-state index contributed by atoms with van der Waals surface area (Å²) in [5.41, 5.74) is 0.714. The highest BCUT2D eigenvalue weighted by molar-refractivity contribution is 6.31. The van der Waals surface area contributed by atoms with Gasteiger partial charge in [-0.2, -0.15) is 0 Å². The highest BCUT2D eigenvalue weighted by atomic mass is 35.5. The molecule has 21 heavy (non-hydrogen) atoms. The van der Waals surface area contributed by atoms with E-state index in [1.807, 2.05) is 0 Å². The van der Waals surface area contributed by atoms with Crippen LogP contribution in [0.1, 0.15) is 22.0 Å². The van der Waals surface area contributed by atoms with Gasteiger partial charge < -0.3 is 15.0 Å². The van der Waals surface area contributed by atoms with E-state index < -0.39 is 6.10 Å². The van der Waals surface area contributed by atoms with Crippen LogP contribution in [0.3, 0.4) is 0 Å². The van der Waals surface area contributed by atoms with Gasteiger partial charge in [-0.3, -0.25) is 9.59 Å². The molecule has 1 atom stereocenters. The summed E-state index contributed by atoms with van der Waals surface area (Å²) in [6, 6.07) is 9.67. The van der Waals surface area contributed by atoms with Gasteiger partial charge >= 0.3 is 0 Å². The molecule has 2 N–H and O–H groups in total. The molecule has 1 heterocycles. The first-order valence-corrected chi connectivity index (χ1v) is 6.74. The number of hydrogen-bond donors (Lipinski definition) is 2. The summed E-state index contributed by atoms with van der Waals surface area (Å²) in [5.74, 6) is -0.364. The van der Waals surface area contributed by atoms with E-state index in [0.29, 0.717) is 16.1 Å². The van der Waals surface area contributed by atoms with Gasteiger partial charge in [0.05, 0.1) is 11.7 Å². The fourth-order valence-corrected chi connectivity index (χ4v) is 2.14. The van der Waals surface area contributed by atoms with Gasteiger partial charge in [0.15, 0.2) is 0 Å². The molecule has 5 nitrogen and oxygen atoms in total. The minimum Gasteiger partial charge on any atom is -0.387 e. The van der Waals surface area contributed by atoms with E-state index in [2.05, 4.69) is 5.32 Å². The normalized spacial score (nSPS) is 12.0.